The second kappa shape index (κ2) is 7.48. The van der Waals surface area contributed by atoms with Crippen LogP contribution < -0.4 is 5.73 Å². The van der Waals surface area contributed by atoms with E-state index >= 15 is 0 Å². The minimum Gasteiger partial charge on any atom is -0.341 e. The minimum absolute atomic E-state index is 0.0279. The van der Waals surface area contributed by atoms with E-state index < -0.39 is 6.04 Å². The number of amides is 2. The summed E-state index contributed by atoms with van der Waals surface area (Å²) < 4.78 is 0. The van der Waals surface area contributed by atoms with Crippen molar-refractivity contribution in [2.45, 2.75) is 46.1 Å². The molecule has 0 spiro atoms. The minimum atomic E-state index is -0.418. The van der Waals surface area contributed by atoms with Gasteiger partial charge in [-0.2, -0.15) is 0 Å². The molecule has 0 aliphatic carbocycles. The van der Waals surface area contributed by atoms with Crippen LogP contribution in [0.15, 0.2) is 0 Å². The van der Waals surface area contributed by atoms with E-state index in [9.17, 15) is 9.59 Å². The summed E-state index contributed by atoms with van der Waals surface area (Å²) in [5.41, 5.74) is 6.00. The average molecular weight is 269 g/mol. The molecule has 0 aromatic rings. The Bertz CT molecular complexity index is 320. The van der Waals surface area contributed by atoms with Gasteiger partial charge in [0.25, 0.3) is 0 Å². The molecular formula is C14H27N3O2. The van der Waals surface area contributed by atoms with Crippen LogP contribution in [0.4, 0.5) is 0 Å². The molecule has 2 N–H and O–H groups in total. The van der Waals surface area contributed by atoms with E-state index in [2.05, 4.69) is 0 Å². The van der Waals surface area contributed by atoms with Crippen LogP contribution >= 0.6 is 0 Å². The molecular weight excluding hydrogens is 242 g/mol. The van der Waals surface area contributed by atoms with Crippen molar-refractivity contribution in [3.05, 3.63) is 0 Å². The average Bonchev–Trinajstić information content (AvgIpc) is 2.69. The molecule has 0 saturated carbocycles. The SMILES string of the molecule is CCC(=O)N1CCCN(C(=O)C(N)C(C)CC)CC1. The van der Waals surface area contributed by atoms with Crippen LogP contribution in [0.2, 0.25) is 0 Å². The van der Waals surface area contributed by atoms with E-state index in [0.717, 1.165) is 19.4 Å². The fourth-order valence-corrected chi connectivity index (χ4v) is 2.32. The maximum atomic E-state index is 12.3. The Morgan fingerprint density at radius 2 is 1.68 bits per heavy atom. The molecule has 0 aromatic heterocycles. The molecule has 1 fully saturated rings. The van der Waals surface area contributed by atoms with E-state index in [1.807, 2.05) is 30.6 Å². The topological polar surface area (TPSA) is 66.6 Å². The first kappa shape index (κ1) is 16.0. The number of carbonyl (C=O) groups is 2. The summed E-state index contributed by atoms with van der Waals surface area (Å²) in [6, 6.07) is -0.418. The summed E-state index contributed by atoms with van der Waals surface area (Å²) in [5, 5.41) is 0. The van der Waals surface area contributed by atoms with Crippen LogP contribution in [0, 0.1) is 5.92 Å². The lowest BCUT2D eigenvalue weighted by atomic mass is 9.99. The second-order valence-electron chi connectivity index (χ2n) is 5.32. The molecule has 0 aromatic carbocycles. The Morgan fingerprint density at radius 3 is 2.26 bits per heavy atom. The van der Waals surface area contributed by atoms with Crippen LogP contribution in [0.3, 0.4) is 0 Å². The molecule has 1 saturated heterocycles. The molecule has 5 heteroatoms. The van der Waals surface area contributed by atoms with Crippen LogP contribution in [0.5, 0.6) is 0 Å². The van der Waals surface area contributed by atoms with Crippen molar-refractivity contribution >= 4 is 11.8 Å². The molecule has 2 unspecified atom stereocenters. The van der Waals surface area contributed by atoms with E-state index in [1.165, 1.54) is 0 Å². The highest BCUT2D eigenvalue weighted by Crippen LogP contribution is 2.11. The normalized spacial score (nSPS) is 19.8. The molecule has 2 atom stereocenters. The summed E-state index contributed by atoms with van der Waals surface area (Å²) >= 11 is 0. The van der Waals surface area contributed by atoms with Crippen LogP contribution in [-0.2, 0) is 9.59 Å². The quantitative estimate of drug-likeness (QED) is 0.822. The molecule has 110 valence electrons. The Labute approximate surface area is 116 Å². The fraction of sp³-hybridized carbons (Fsp3) is 0.857. The van der Waals surface area contributed by atoms with E-state index in [4.69, 9.17) is 5.73 Å². The van der Waals surface area contributed by atoms with Gasteiger partial charge >= 0.3 is 0 Å². The number of hydrogen-bond acceptors (Lipinski definition) is 3. The van der Waals surface area contributed by atoms with Crippen LogP contribution in [0.25, 0.3) is 0 Å². The van der Waals surface area contributed by atoms with Crippen molar-refractivity contribution in [3.63, 3.8) is 0 Å². The maximum Gasteiger partial charge on any atom is 0.239 e. The Balaban J connectivity index is 2.57. The lowest BCUT2D eigenvalue weighted by Crippen LogP contribution is -2.48. The van der Waals surface area contributed by atoms with Gasteiger partial charge in [0, 0.05) is 32.6 Å². The van der Waals surface area contributed by atoms with Gasteiger partial charge in [-0.1, -0.05) is 27.2 Å². The van der Waals surface area contributed by atoms with Gasteiger partial charge in [-0.3, -0.25) is 9.59 Å². The molecule has 0 bridgehead atoms. The highest BCUT2D eigenvalue weighted by Gasteiger charge is 2.27. The van der Waals surface area contributed by atoms with Crippen molar-refractivity contribution in [2.75, 3.05) is 26.2 Å². The van der Waals surface area contributed by atoms with Gasteiger partial charge in [-0.05, 0) is 12.3 Å². The van der Waals surface area contributed by atoms with Gasteiger partial charge in [-0.25, -0.2) is 0 Å². The van der Waals surface area contributed by atoms with Crippen LogP contribution in [0.1, 0.15) is 40.0 Å². The maximum absolute atomic E-state index is 12.3. The summed E-state index contributed by atoms with van der Waals surface area (Å²) in [6.07, 6.45) is 2.27. The zero-order chi connectivity index (χ0) is 14.4. The summed E-state index contributed by atoms with van der Waals surface area (Å²) in [4.78, 5) is 27.6. The number of nitrogens with two attached hydrogens (primary N) is 1. The molecule has 0 radical (unpaired) electrons. The molecule has 19 heavy (non-hydrogen) atoms. The Hall–Kier alpha value is -1.10. The summed E-state index contributed by atoms with van der Waals surface area (Å²) in [7, 11) is 0. The molecule has 1 aliphatic heterocycles. The van der Waals surface area contributed by atoms with E-state index in [-0.39, 0.29) is 17.7 Å². The number of carbonyl (C=O) groups excluding carboxylic acids is 2. The van der Waals surface area contributed by atoms with Crippen molar-refractivity contribution < 1.29 is 9.59 Å². The van der Waals surface area contributed by atoms with Gasteiger partial charge < -0.3 is 15.5 Å². The van der Waals surface area contributed by atoms with Gasteiger partial charge in [0.15, 0.2) is 0 Å². The lowest BCUT2D eigenvalue weighted by molar-refractivity contribution is -0.135. The van der Waals surface area contributed by atoms with Crippen LogP contribution in [-0.4, -0.2) is 53.8 Å². The number of rotatable bonds is 4. The fourth-order valence-electron chi connectivity index (χ4n) is 2.32. The zero-order valence-electron chi connectivity index (χ0n) is 12.4. The third-order valence-electron chi connectivity index (χ3n) is 4.00. The molecule has 2 amide bonds. The molecule has 1 aliphatic rings. The van der Waals surface area contributed by atoms with E-state index in [0.29, 0.717) is 26.1 Å². The third-order valence-corrected chi connectivity index (χ3v) is 4.00. The monoisotopic (exact) mass is 269 g/mol. The lowest BCUT2D eigenvalue weighted by Gasteiger charge is -2.27. The zero-order valence-corrected chi connectivity index (χ0v) is 12.4. The highest BCUT2D eigenvalue weighted by atomic mass is 16.2. The second-order valence-corrected chi connectivity index (χ2v) is 5.32. The van der Waals surface area contributed by atoms with Gasteiger partial charge in [-0.15, -0.1) is 0 Å². The first-order chi connectivity index (χ1) is 9.01. The van der Waals surface area contributed by atoms with Crippen molar-refractivity contribution in [3.8, 4) is 0 Å². The first-order valence-corrected chi connectivity index (χ1v) is 7.33. The number of nitrogens with zero attached hydrogens (tertiary/aromatic N) is 2. The predicted molar refractivity (Wildman–Crippen MR) is 75.5 cm³/mol. The number of hydrogen-bond donors (Lipinski definition) is 1. The van der Waals surface area contributed by atoms with Gasteiger partial charge in [0.2, 0.25) is 11.8 Å². The highest BCUT2D eigenvalue weighted by molar-refractivity contribution is 5.82. The third kappa shape index (κ3) is 4.20. The standard InChI is InChI=1S/C14H27N3O2/c1-4-11(3)13(15)14(19)17-8-6-7-16(9-10-17)12(18)5-2/h11,13H,4-10,15H2,1-3H3. The van der Waals surface area contributed by atoms with Crippen molar-refractivity contribution in [1.29, 1.82) is 0 Å². The molecule has 1 rings (SSSR count). The molecule has 5 nitrogen and oxygen atoms in total. The van der Waals surface area contributed by atoms with Gasteiger partial charge in [0.05, 0.1) is 6.04 Å². The summed E-state index contributed by atoms with van der Waals surface area (Å²) in [5.74, 6) is 0.393. The first-order valence-electron chi connectivity index (χ1n) is 7.33. The van der Waals surface area contributed by atoms with E-state index in [1.54, 1.807) is 0 Å². The Kier molecular flexibility index (Phi) is 6.28. The Morgan fingerprint density at radius 1 is 1.11 bits per heavy atom. The summed E-state index contributed by atoms with van der Waals surface area (Å²) in [6.45, 7) is 8.61. The smallest absolute Gasteiger partial charge is 0.239 e. The molecule has 1 heterocycles. The van der Waals surface area contributed by atoms with Crippen molar-refractivity contribution in [2.24, 2.45) is 11.7 Å². The predicted octanol–water partition coefficient (Wildman–Crippen LogP) is 0.831. The van der Waals surface area contributed by atoms with Crippen molar-refractivity contribution in [1.82, 2.24) is 9.80 Å². The largest absolute Gasteiger partial charge is 0.341 e. The van der Waals surface area contributed by atoms with Gasteiger partial charge in [0.1, 0.15) is 0 Å².